The van der Waals surface area contributed by atoms with Crippen molar-refractivity contribution in [3.63, 3.8) is 0 Å². The Morgan fingerprint density at radius 2 is 2.18 bits per heavy atom. The van der Waals surface area contributed by atoms with Gasteiger partial charge in [-0.25, -0.2) is 0 Å². The predicted molar refractivity (Wildman–Crippen MR) is 53.1 cm³/mol. The fourth-order valence-electron chi connectivity index (χ4n) is 1.45. The van der Waals surface area contributed by atoms with E-state index >= 15 is 0 Å². The Morgan fingerprint density at radius 1 is 1.47 bits per heavy atom. The number of hydrogen-bond donors (Lipinski definition) is 3. The Morgan fingerprint density at radius 3 is 2.71 bits per heavy atom. The van der Waals surface area contributed by atoms with Crippen molar-refractivity contribution in [2.45, 2.75) is 25.1 Å². The first-order chi connectivity index (χ1) is 7.87. The van der Waals surface area contributed by atoms with Crippen LogP contribution in [0.15, 0.2) is 0 Å². The summed E-state index contributed by atoms with van der Waals surface area (Å²) in [4.78, 5) is 21.8. The summed E-state index contributed by atoms with van der Waals surface area (Å²) < 4.78 is 35.2. The van der Waals surface area contributed by atoms with Crippen molar-refractivity contribution >= 4 is 11.8 Å². The molecular weight excluding hydrogens is 239 g/mol. The zero-order valence-electron chi connectivity index (χ0n) is 9.06. The molecule has 0 aromatic rings. The van der Waals surface area contributed by atoms with Crippen LogP contribution in [0.4, 0.5) is 13.2 Å². The van der Waals surface area contributed by atoms with Crippen LogP contribution in [0.1, 0.15) is 12.8 Å². The van der Waals surface area contributed by atoms with Crippen LogP contribution in [0.5, 0.6) is 0 Å². The molecule has 1 aliphatic heterocycles. The lowest BCUT2D eigenvalue weighted by molar-refractivity contribution is -0.137. The minimum atomic E-state index is -4.39. The van der Waals surface area contributed by atoms with Crippen LogP contribution in [0.3, 0.4) is 0 Å². The molecule has 1 atom stereocenters. The van der Waals surface area contributed by atoms with Crippen LogP contribution in [-0.4, -0.2) is 43.7 Å². The summed E-state index contributed by atoms with van der Waals surface area (Å²) in [6.07, 6.45) is -3.27. The zero-order valence-corrected chi connectivity index (χ0v) is 9.06. The molecule has 0 radical (unpaired) electrons. The van der Waals surface area contributed by atoms with Gasteiger partial charge in [0, 0.05) is 19.0 Å². The monoisotopic (exact) mass is 253 g/mol. The maximum absolute atomic E-state index is 11.7. The molecule has 1 aliphatic rings. The molecule has 0 saturated carbocycles. The van der Waals surface area contributed by atoms with Crippen LogP contribution in [-0.2, 0) is 9.59 Å². The third kappa shape index (κ3) is 6.10. The van der Waals surface area contributed by atoms with Gasteiger partial charge in [0.05, 0.1) is 6.54 Å². The van der Waals surface area contributed by atoms with E-state index in [4.69, 9.17) is 0 Å². The lowest BCUT2D eigenvalue weighted by Crippen LogP contribution is -2.42. The largest absolute Gasteiger partial charge is 0.405 e. The van der Waals surface area contributed by atoms with E-state index in [9.17, 15) is 22.8 Å². The Kier molecular flexibility index (Phi) is 4.73. The van der Waals surface area contributed by atoms with E-state index in [1.54, 1.807) is 5.32 Å². The molecule has 0 spiro atoms. The van der Waals surface area contributed by atoms with E-state index in [1.165, 1.54) is 0 Å². The Labute approximate surface area is 96.1 Å². The molecule has 1 fully saturated rings. The second kappa shape index (κ2) is 5.85. The molecule has 1 rings (SSSR count). The molecule has 98 valence electrons. The number of amides is 2. The van der Waals surface area contributed by atoms with E-state index in [0.717, 1.165) is 0 Å². The van der Waals surface area contributed by atoms with Crippen molar-refractivity contribution in [3.05, 3.63) is 0 Å². The number of carbonyl (C=O) groups excluding carboxylic acids is 2. The van der Waals surface area contributed by atoms with Gasteiger partial charge in [0.15, 0.2) is 0 Å². The molecule has 17 heavy (non-hydrogen) atoms. The van der Waals surface area contributed by atoms with Crippen molar-refractivity contribution in [1.82, 2.24) is 16.0 Å². The molecule has 0 aliphatic carbocycles. The Bertz CT molecular complexity index is 294. The molecule has 8 heteroatoms. The number of alkyl halides is 3. The van der Waals surface area contributed by atoms with E-state index in [1.807, 2.05) is 0 Å². The second-order valence-electron chi connectivity index (χ2n) is 3.83. The summed E-state index contributed by atoms with van der Waals surface area (Å²) >= 11 is 0. The zero-order chi connectivity index (χ0) is 12.9. The first-order valence-corrected chi connectivity index (χ1v) is 5.20. The highest BCUT2D eigenvalue weighted by molar-refractivity contribution is 5.79. The Balaban J connectivity index is 2.06. The fourth-order valence-corrected chi connectivity index (χ4v) is 1.45. The van der Waals surface area contributed by atoms with Gasteiger partial charge in [-0.2, -0.15) is 13.2 Å². The average molecular weight is 253 g/mol. The van der Waals surface area contributed by atoms with E-state index in [0.29, 0.717) is 19.4 Å². The van der Waals surface area contributed by atoms with Gasteiger partial charge in [-0.05, 0) is 6.42 Å². The first-order valence-electron chi connectivity index (χ1n) is 5.20. The van der Waals surface area contributed by atoms with Crippen molar-refractivity contribution in [1.29, 1.82) is 0 Å². The minimum Gasteiger partial charge on any atom is -0.352 e. The van der Waals surface area contributed by atoms with Crippen LogP contribution >= 0.6 is 0 Å². The topological polar surface area (TPSA) is 70.2 Å². The maximum Gasteiger partial charge on any atom is 0.405 e. The number of halogens is 3. The SMILES string of the molecule is O=C(CNCC1CCC(=O)N1)NCC(F)(F)F. The highest BCUT2D eigenvalue weighted by Crippen LogP contribution is 2.11. The van der Waals surface area contributed by atoms with Gasteiger partial charge >= 0.3 is 6.18 Å². The molecule has 1 saturated heterocycles. The molecule has 1 heterocycles. The number of carbonyl (C=O) groups is 2. The third-order valence-corrected chi connectivity index (χ3v) is 2.25. The van der Waals surface area contributed by atoms with Crippen LogP contribution in [0, 0.1) is 0 Å². The molecule has 0 aromatic heterocycles. The smallest absolute Gasteiger partial charge is 0.352 e. The summed E-state index contributed by atoms with van der Waals surface area (Å²) in [6, 6.07) is -0.0436. The summed E-state index contributed by atoms with van der Waals surface area (Å²) in [5.41, 5.74) is 0. The van der Waals surface area contributed by atoms with Crippen molar-refractivity contribution in [2.75, 3.05) is 19.6 Å². The van der Waals surface area contributed by atoms with Crippen LogP contribution in [0.2, 0.25) is 0 Å². The normalized spacial score (nSPS) is 20.2. The lowest BCUT2D eigenvalue weighted by Gasteiger charge is -2.12. The van der Waals surface area contributed by atoms with Crippen molar-refractivity contribution < 1.29 is 22.8 Å². The predicted octanol–water partition coefficient (Wildman–Crippen LogP) is -0.467. The molecule has 3 N–H and O–H groups in total. The van der Waals surface area contributed by atoms with E-state index in [2.05, 4.69) is 10.6 Å². The van der Waals surface area contributed by atoms with Gasteiger partial charge < -0.3 is 16.0 Å². The molecule has 2 amide bonds. The number of nitrogens with one attached hydrogen (secondary N) is 3. The van der Waals surface area contributed by atoms with Gasteiger partial charge in [-0.1, -0.05) is 0 Å². The average Bonchev–Trinajstić information content (AvgIpc) is 2.60. The van der Waals surface area contributed by atoms with Gasteiger partial charge in [0.1, 0.15) is 6.54 Å². The molecule has 5 nitrogen and oxygen atoms in total. The number of hydrogen-bond acceptors (Lipinski definition) is 3. The second-order valence-corrected chi connectivity index (χ2v) is 3.83. The summed E-state index contributed by atoms with van der Waals surface area (Å²) in [5, 5.41) is 7.10. The van der Waals surface area contributed by atoms with Gasteiger partial charge in [-0.15, -0.1) is 0 Å². The third-order valence-electron chi connectivity index (χ3n) is 2.25. The molecule has 0 aromatic carbocycles. The van der Waals surface area contributed by atoms with Crippen molar-refractivity contribution in [2.24, 2.45) is 0 Å². The number of rotatable bonds is 5. The Hall–Kier alpha value is -1.31. The standard InChI is InChI=1S/C9H14F3N3O2/c10-9(11,12)5-14-8(17)4-13-3-6-1-2-7(16)15-6/h6,13H,1-5H2,(H,14,17)(H,15,16). The van der Waals surface area contributed by atoms with E-state index in [-0.39, 0.29) is 18.5 Å². The van der Waals surface area contributed by atoms with Gasteiger partial charge in [0.25, 0.3) is 0 Å². The van der Waals surface area contributed by atoms with E-state index < -0.39 is 18.6 Å². The molecular formula is C9H14F3N3O2. The van der Waals surface area contributed by atoms with Crippen LogP contribution < -0.4 is 16.0 Å². The summed E-state index contributed by atoms with van der Waals surface area (Å²) in [5.74, 6) is -0.759. The summed E-state index contributed by atoms with van der Waals surface area (Å²) in [6.45, 7) is -1.14. The fraction of sp³-hybridized carbons (Fsp3) is 0.778. The first kappa shape index (κ1) is 13.8. The minimum absolute atomic E-state index is 0.0432. The summed E-state index contributed by atoms with van der Waals surface area (Å²) in [7, 11) is 0. The van der Waals surface area contributed by atoms with Gasteiger partial charge in [-0.3, -0.25) is 9.59 Å². The molecule has 1 unspecified atom stereocenters. The highest BCUT2D eigenvalue weighted by Gasteiger charge is 2.27. The quantitative estimate of drug-likeness (QED) is 0.620. The molecule has 0 bridgehead atoms. The van der Waals surface area contributed by atoms with Gasteiger partial charge in [0.2, 0.25) is 11.8 Å². The van der Waals surface area contributed by atoms with Crippen LogP contribution in [0.25, 0.3) is 0 Å². The lowest BCUT2D eigenvalue weighted by atomic mass is 10.2. The highest BCUT2D eigenvalue weighted by atomic mass is 19.4. The van der Waals surface area contributed by atoms with Crippen molar-refractivity contribution in [3.8, 4) is 0 Å². The maximum atomic E-state index is 11.7.